The van der Waals surface area contributed by atoms with E-state index in [1.165, 1.54) is 33.3 Å². The van der Waals surface area contributed by atoms with Crippen molar-refractivity contribution in [3.8, 4) is 44.8 Å². The Morgan fingerprint density at radius 3 is 1.94 bits per heavy atom. The van der Waals surface area contributed by atoms with E-state index in [9.17, 15) is 0 Å². The van der Waals surface area contributed by atoms with Gasteiger partial charge in [0.2, 0.25) is 0 Å². The molecule has 0 bridgehead atoms. The molecule has 3 heterocycles. The van der Waals surface area contributed by atoms with Gasteiger partial charge in [-0.15, -0.1) is 0 Å². The maximum atomic E-state index is 5.55. The first-order valence-electron chi connectivity index (χ1n) is 17.7. The lowest BCUT2D eigenvalue weighted by Crippen LogP contribution is -2.39. The summed E-state index contributed by atoms with van der Waals surface area (Å²) in [5.74, 6) is 0. The molecule has 3 heteroatoms. The minimum absolute atomic E-state index is 0.112. The van der Waals surface area contributed by atoms with Crippen molar-refractivity contribution in [2.45, 2.75) is 18.4 Å². The van der Waals surface area contributed by atoms with Gasteiger partial charge >= 0.3 is 0 Å². The van der Waals surface area contributed by atoms with Crippen LogP contribution in [-0.2, 0) is 5.41 Å². The topological polar surface area (TPSA) is 20.5 Å². The molecular weight excluding hydrogens is 619 g/mol. The van der Waals surface area contributed by atoms with Crippen LogP contribution in [0.2, 0.25) is 0 Å². The Hall–Kier alpha value is -6.45. The van der Waals surface area contributed by atoms with Gasteiger partial charge in [0.15, 0.2) is 0 Å². The molecule has 1 aliphatic carbocycles. The van der Waals surface area contributed by atoms with Crippen LogP contribution in [0.25, 0.3) is 61.1 Å². The normalized spacial score (nSPS) is 17.6. The summed E-state index contributed by atoms with van der Waals surface area (Å²) in [4.78, 5) is 2.52. The van der Waals surface area contributed by atoms with Crippen LogP contribution in [-0.4, -0.2) is 15.7 Å². The summed E-state index contributed by atoms with van der Waals surface area (Å²) in [7, 11) is 0. The number of para-hydroxylation sites is 1. The molecule has 2 atom stereocenters. The van der Waals surface area contributed by atoms with Gasteiger partial charge in [0, 0.05) is 44.4 Å². The Morgan fingerprint density at radius 2 is 1.18 bits per heavy atom. The Morgan fingerprint density at radius 1 is 0.549 bits per heavy atom. The highest BCUT2D eigenvalue weighted by atomic mass is 15.2. The molecule has 51 heavy (non-hydrogen) atoms. The van der Waals surface area contributed by atoms with Gasteiger partial charge in [0.05, 0.1) is 17.3 Å². The highest BCUT2D eigenvalue weighted by molar-refractivity contribution is 6.15. The van der Waals surface area contributed by atoms with Gasteiger partial charge in [0.25, 0.3) is 0 Å². The van der Waals surface area contributed by atoms with Crippen molar-refractivity contribution >= 4 is 27.7 Å². The highest BCUT2D eigenvalue weighted by Crippen LogP contribution is 2.52. The zero-order valence-corrected chi connectivity index (χ0v) is 28.3. The maximum Gasteiger partial charge on any atom is 0.101 e. The number of aromatic nitrogens is 2. The molecule has 0 spiro atoms. The fraction of sp³-hybridized carbons (Fsp3) is 0.0625. The summed E-state index contributed by atoms with van der Waals surface area (Å²) < 4.78 is 2.22. The van der Waals surface area contributed by atoms with Gasteiger partial charge in [-0.1, -0.05) is 170 Å². The van der Waals surface area contributed by atoms with Crippen molar-refractivity contribution in [2.75, 3.05) is 4.90 Å². The number of rotatable bonds is 5. The van der Waals surface area contributed by atoms with E-state index >= 15 is 0 Å². The third-order valence-corrected chi connectivity index (χ3v) is 10.8. The van der Waals surface area contributed by atoms with Crippen LogP contribution in [0.1, 0.15) is 12.5 Å². The van der Waals surface area contributed by atoms with Crippen LogP contribution < -0.4 is 4.90 Å². The fourth-order valence-corrected chi connectivity index (χ4v) is 8.53. The second-order valence-electron chi connectivity index (χ2n) is 13.8. The van der Waals surface area contributed by atoms with E-state index in [-0.39, 0.29) is 11.5 Å². The lowest BCUT2D eigenvalue weighted by molar-refractivity contribution is 0.551. The number of hydrogen-bond donors (Lipinski definition) is 0. The van der Waals surface area contributed by atoms with Crippen molar-refractivity contribution in [2.24, 2.45) is 0 Å². The van der Waals surface area contributed by atoms with Crippen LogP contribution in [0.3, 0.4) is 0 Å². The van der Waals surface area contributed by atoms with Crippen LogP contribution in [0.15, 0.2) is 188 Å². The van der Waals surface area contributed by atoms with E-state index in [0.717, 1.165) is 44.7 Å². The number of nitrogens with zero attached hydrogens (tertiary/aromatic N) is 3. The Kier molecular flexibility index (Phi) is 6.68. The smallest absolute Gasteiger partial charge is 0.101 e. The number of anilines is 2. The van der Waals surface area contributed by atoms with Gasteiger partial charge < -0.3 is 4.90 Å². The van der Waals surface area contributed by atoms with E-state index in [4.69, 9.17) is 5.10 Å². The molecule has 0 N–H and O–H groups in total. The molecule has 0 saturated heterocycles. The molecule has 2 aliphatic rings. The van der Waals surface area contributed by atoms with Crippen LogP contribution in [0, 0.1) is 0 Å². The summed E-state index contributed by atoms with van der Waals surface area (Å²) in [5, 5.41) is 7.92. The van der Waals surface area contributed by atoms with Crippen LogP contribution >= 0.6 is 0 Å². The average molecular weight is 654 g/mol. The third-order valence-electron chi connectivity index (χ3n) is 10.8. The molecule has 2 unspecified atom stereocenters. The predicted octanol–water partition coefficient (Wildman–Crippen LogP) is 12.1. The summed E-state index contributed by atoms with van der Waals surface area (Å²) in [6, 6.07) is 59.1. The van der Waals surface area contributed by atoms with Gasteiger partial charge in [-0.25, -0.2) is 4.52 Å². The SMILES string of the molecule is CC12C=CC=CC1N(c1cccc(-c3c(-c4ccccc4)n4nc(-c5ccccc5)c(-c5ccccc5)c4c4ccccc34)c1)c1ccccc12. The van der Waals surface area contributed by atoms with Crippen molar-refractivity contribution in [3.05, 3.63) is 194 Å². The molecule has 8 aromatic rings. The predicted molar refractivity (Wildman–Crippen MR) is 212 cm³/mol. The minimum Gasteiger partial charge on any atom is -0.333 e. The van der Waals surface area contributed by atoms with Crippen LogP contribution in [0.5, 0.6) is 0 Å². The van der Waals surface area contributed by atoms with Gasteiger partial charge in [-0.2, -0.15) is 5.10 Å². The van der Waals surface area contributed by atoms with E-state index in [1.807, 2.05) is 0 Å². The zero-order chi connectivity index (χ0) is 33.9. The Labute approximate surface area is 298 Å². The van der Waals surface area contributed by atoms with Crippen molar-refractivity contribution in [1.82, 2.24) is 9.61 Å². The molecule has 3 nitrogen and oxygen atoms in total. The zero-order valence-electron chi connectivity index (χ0n) is 28.3. The monoisotopic (exact) mass is 653 g/mol. The lowest BCUT2D eigenvalue weighted by Gasteiger charge is -2.34. The third kappa shape index (κ3) is 4.48. The van der Waals surface area contributed by atoms with Crippen molar-refractivity contribution in [1.29, 1.82) is 0 Å². The molecular formula is C48H35N3. The van der Waals surface area contributed by atoms with Crippen LogP contribution in [0.4, 0.5) is 11.4 Å². The maximum absolute atomic E-state index is 5.55. The summed E-state index contributed by atoms with van der Waals surface area (Å²) >= 11 is 0. The molecule has 0 saturated carbocycles. The quantitative estimate of drug-likeness (QED) is 0.184. The summed E-state index contributed by atoms with van der Waals surface area (Å²) in [6.45, 7) is 2.36. The fourth-order valence-electron chi connectivity index (χ4n) is 8.53. The van der Waals surface area contributed by atoms with E-state index in [1.54, 1.807) is 0 Å². The molecule has 6 aromatic carbocycles. The second-order valence-corrected chi connectivity index (χ2v) is 13.8. The molecule has 10 rings (SSSR count). The molecule has 0 amide bonds. The Bertz CT molecular complexity index is 2650. The molecule has 0 radical (unpaired) electrons. The number of fused-ring (bicyclic) bond motifs is 6. The first kappa shape index (κ1) is 29.5. The molecule has 1 aliphatic heterocycles. The first-order chi connectivity index (χ1) is 25.2. The summed E-state index contributed by atoms with van der Waals surface area (Å²) in [5.41, 5.74) is 13.7. The highest BCUT2D eigenvalue weighted by Gasteiger charge is 2.46. The number of hydrogen-bond acceptors (Lipinski definition) is 2. The van der Waals surface area contributed by atoms with Gasteiger partial charge in [-0.05, 0) is 47.2 Å². The first-order valence-corrected chi connectivity index (χ1v) is 17.7. The molecule has 2 aromatic heterocycles. The minimum atomic E-state index is -0.112. The lowest BCUT2D eigenvalue weighted by atomic mass is 9.76. The van der Waals surface area contributed by atoms with E-state index in [2.05, 4.69) is 204 Å². The van der Waals surface area contributed by atoms with Crippen molar-refractivity contribution < 1.29 is 0 Å². The second kappa shape index (κ2) is 11.6. The van der Waals surface area contributed by atoms with E-state index in [0.29, 0.717) is 0 Å². The number of pyridine rings is 1. The largest absolute Gasteiger partial charge is 0.333 e. The number of benzene rings is 6. The Balaban J connectivity index is 1.30. The molecule has 0 fully saturated rings. The van der Waals surface area contributed by atoms with Gasteiger partial charge in [-0.3, -0.25) is 0 Å². The number of allylic oxidation sites excluding steroid dienone is 2. The van der Waals surface area contributed by atoms with Crippen molar-refractivity contribution in [3.63, 3.8) is 0 Å². The summed E-state index contributed by atoms with van der Waals surface area (Å²) in [6.07, 6.45) is 9.10. The van der Waals surface area contributed by atoms with E-state index < -0.39 is 0 Å². The van der Waals surface area contributed by atoms with Gasteiger partial charge in [0.1, 0.15) is 5.69 Å². The standard InChI is InChI=1S/C48H35N3/c1-48-31-16-15-30-42(48)50(41-29-14-13-28-40(41)48)37-25-17-24-36(32-37)43-38-26-11-12-27-39(38)47-44(33-18-5-2-6-19-33)45(34-20-7-3-8-21-34)49-51(47)46(43)35-22-9-4-10-23-35/h2-32,42H,1H3. The average Bonchev–Trinajstić information content (AvgIpc) is 3.72. The molecule has 242 valence electrons.